The van der Waals surface area contributed by atoms with E-state index in [1.165, 1.54) is 12.4 Å². The summed E-state index contributed by atoms with van der Waals surface area (Å²) in [5, 5.41) is 21.9. The number of halogens is 2. The lowest BCUT2D eigenvalue weighted by atomic mass is 10.3. The molecule has 0 atom stereocenters. The zero-order chi connectivity index (χ0) is 18.8. The van der Waals surface area contributed by atoms with Crippen molar-refractivity contribution >= 4 is 28.5 Å². The van der Waals surface area contributed by atoms with Gasteiger partial charge in [0, 0.05) is 25.3 Å². The van der Waals surface area contributed by atoms with Crippen molar-refractivity contribution in [2.24, 2.45) is 7.05 Å². The van der Waals surface area contributed by atoms with Crippen molar-refractivity contribution in [3.63, 3.8) is 0 Å². The van der Waals surface area contributed by atoms with Crippen molar-refractivity contribution in [2.75, 3.05) is 17.2 Å². The van der Waals surface area contributed by atoms with Gasteiger partial charge < -0.3 is 10.6 Å². The molecular formula is C15H14F2N10. The van der Waals surface area contributed by atoms with E-state index >= 15 is 0 Å². The summed E-state index contributed by atoms with van der Waals surface area (Å²) < 4.78 is 29.7. The normalized spacial score (nSPS) is 11.1. The number of aryl methyl sites for hydroxylation is 1. The van der Waals surface area contributed by atoms with Gasteiger partial charge in [0.05, 0.1) is 18.1 Å². The maximum absolute atomic E-state index is 13.4. The molecule has 0 fully saturated rings. The second kappa shape index (κ2) is 6.90. The Labute approximate surface area is 151 Å². The first-order valence-corrected chi connectivity index (χ1v) is 7.96. The molecule has 0 spiro atoms. The lowest BCUT2D eigenvalue weighted by molar-refractivity contribution is 0.509. The summed E-state index contributed by atoms with van der Waals surface area (Å²) in [5.74, 6) is -1.11. The van der Waals surface area contributed by atoms with Gasteiger partial charge in [-0.3, -0.25) is 4.68 Å². The highest BCUT2D eigenvalue weighted by Gasteiger charge is 2.12. The van der Waals surface area contributed by atoms with Crippen LogP contribution in [0.4, 0.5) is 26.2 Å². The van der Waals surface area contributed by atoms with Crippen LogP contribution in [0, 0.1) is 11.6 Å². The summed E-state index contributed by atoms with van der Waals surface area (Å²) in [6.07, 6.45) is 3.16. The number of benzene rings is 1. The molecule has 4 aromatic rings. The molecule has 3 heterocycles. The molecule has 0 radical (unpaired) electrons. The minimum Gasteiger partial charge on any atom is -0.367 e. The largest absolute Gasteiger partial charge is 0.367 e. The molecule has 138 valence electrons. The molecule has 0 aliphatic rings. The third-order valence-electron chi connectivity index (χ3n) is 3.79. The third-order valence-corrected chi connectivity index (χ3v) is 3.79. The molecule has 4 rings (SSSR count). The van der Waals surface area contributed by atoms with Gasteiger partial charge in [-0.1, -0.05) is 0 Å². The second-order valence-corrected chi connectivity index (χ2v) is 5.65. The number of aromatic nitrogens is 8. The predicted molar refractivity (Wildman–Crippen MR) is 92.3 cm³/mol. The van der Waals surface area contributed by atoms with E-state index in [1.54, 1.807) is 22.6 Å². The molecule has 2 N–H and O–H groups in total. The van der Waals surface area contributed by atoms with E-state index in [9.17, 15) is 8.78 Å². The Morgan fingerprint density at radius 2 is 2.04 bits per heavy atom. The third kappa shape index (κ3) is 3.49. The Morgan fingerprint density at radius 3 is 2.81 bits per heavy atom. The van der Waals surface area contributed by atoms with Crippen molar-refractivity contribution in [1.82, 2.24) is 40.0 Å². The Morgan fingerprint density at radius 1 is 1.15 bits per heavy atom. The van der Waals surface area contributed by atoms with Crippen LogP contribution < -0.4 is 10.6 Å². The molecular weight excluding hydrogens is 358 g/mol. The number of anilines is 3. The first-order valence-electron chi connectivity index (χ1n) is 7.96. The van der Waals surface area contributed by atoms with Crippen LogP contribution in [0.2, 0.25) is 0 Å². The number of hydrogen-bond acceptors (Lipinski definition) is 8. The zero-order valence-electron chi connectivity index (χ0n) is 14.1. The second-order valence-electron chi connectivity index (χ2n) is 5.65. The summed E-state index contributed by atoms with van der Waals surface area (Å²) in [7, 11) is 1.75. The smallest absolute Gasteiger partial charge is 0.231 e. The SMILES string of the molecule is Cn1ncc2c(NCCn3cnnn3)nc(Nc3ccc(F)c(F)c3)nc21. The average molecular weight is 372 g/mol. The highest BCUT2D eigenvalue weighted by molar-refractivity contribution is 5.87. The fourth-order valence-electron chi connectivity index (χ4n) is 2.49. The molecule has 0 bridgehead atoms. The van der Waals surface area contributed by atoms with Gasteiger partial charge >= 0.3 is 0 Å². The number of rotatable bonds is 6. The fraction of sp³-hybridized carbons (Fsp3) is 0.200. The van der Waals surface area contributed by atoms with Crippen molar-refractivity contribution < 1.29 is 8.78 Å². The van der Waals surface area contributed by atoms with Gasteiger partial charge in [-0.25, -0.2) is 13.5 Å². The van der Waals surface area contributed by atoms with Gasteiger partial charge in [-0.15, -0.1) is 5.10 Å². The molecule has 27 heavy (non-hydrogen) atoms. The van der Waals surface area contributed by atoms with Crippen LogP contribution in [0.1, 0.15) is 0 Å². The van der Waals surface area contributed by atoms with E-state index in [-0.39, 0.29) is 5.95 Å². The Bertz CT molecular complexity index is 1080. The lowest BCUT2D eigenvalue weighted by Gasteiger charge is -2.10. The minimum atomic E-state index is -0.957. The first kappa shape index (κ1) is 16.8. The number of nitrogens with zero attached hydrogens (tertiary/aromatic N) is 8. The number of nitrogens with one attached hydrogen (secondary N) is 2. The summed E-state index contributed by atoms with van der Waals surface area (Å²) in [6, 6.07) is 3.47. The van der Waals surface area contributed by atoms with E-state index in [0.29, 0.717) is 30.2 Å². The topological polar surface area (TPSA) is 111 Å². The van der Waals surface area contributed by atoms with Gasteiger partial charge in [0.2, 0.25) is 5.95 Å². The maximum atomic E-state index is 13.4. The van der Waals surface area contributed by atoms with E-state index in [1.807, 2.05) is 0 Å². The number of hydrogen-bond donors (Lipinski definition) is 2. The zero-order valence-corrected chi connectivity index (χ0v) is 14.1. The van der Waals surface area contributed by atoms with Crippen molar-refractivity contribution in [3.8, 4) is 0 Å². The van der Waals surface area contributed by atoms with E-state index in [4.69, 9.17) is 0 Å². The molecule has 0 saturated heterocycles. The standard InChI is InChI=1S/C15H14F2N10/c1-26-14-10(7-20-26)13(18-4-5-27-8-19-24-25-27)22-15(23-14)21-9-2-3-11(16)12(17)6-9/h2-3,6-8H,4-5H2,1H3,(H2,18,21,22,23). The number of tetrazole rings is 1. The van der Waals surface area contributed by atoms with Crippen LogP contribution in [0.5, 0.6) is 0 Å². The molecule has 0 unspecified atom stereocenters. The van der Waals surface area contributed by atoms with Gasteiger partial charge in [0.25, 0.3) is 0 Å². The minimum absolute atomic E-state index is 0.224. The number of fused-ring (bicyclic) bond motifs is 1. The monoisotopic (exact) mass is 372 g/mol. The molecule has 3 aromatic heterocycles. The van der Waals surface area contributed by atoms with Crippen molar-refractivity contribution in [2.45, 2.75) is 6.54 Å². The maximum Gasteiger partial charge on any atom is 0.231 e. The first-order chi connectivity index (χ1) is 13.1. The Hall–Kier alpha value is -3.70. The quantitative estimate of drug-likeness (QED) is 0.524. The summed E-state index contributed by atoms with van der Waals surface area (Å²) >= 11 is 0. The summed E-state index contributed by atoms with van der Waals surface area (Å²) in [4.78, 5) is 8.80. The van der Waals surface area contributed by atoms with Crippen molar-refractivity contribution in [3.05, 3.63) is 42.4 Å². The van der Waals surface area contributed by atoms with Gasteiger partial charge in [-0.05, 0) is 22.6 Å². The van der Waals surface area contributed by atoms with Crippen LogP contribution in [-0.4, -0.2) is 46.5 Å². The predicted octanol–water partition coefficient (Wildman–Crippen LogP) is 1.48. The summed E-state index contributed by atoms with van der Waals surface area (Å²) in [5.41, 5.74) is 0.912. The average Bonchev–Trinajstić information content (AvgIpc) is 3.29. The van der Waals surface area contributed by atoms with Gasteiger partial charge in [-0.2, -0.15) is 15.1 Å². The van der Waals surface area contributed by atoms with Crippen LogP contribution in [0.15, 0.2) is 30.7 Å². The lowest BCUT2D eigenvalue weighted by Crippen LogP contribution is -2.13. The summed E-state index contributed by atoms with van der Waals surface area (Å²) in [6.45, 7) is 1.04. The van der Waals surface area contributed by atoms with Gasteiger partial charge in [0.15, 0.2) is 17.3 Å². The Balaban J connectivity index is 1.60. The molecule has 0 aliphatic carbocycles. The van der Waals surface area contributed by atoms with Gasteiger partial charge in [0.1, 0.15) is 12.1 Å². The van der Waals surface area contributed by atoms with Crippen molar-refractivity contribution in [1.29, 1.82) is 0 Å². The van der Waals surface area contributed by atoms with E-state index in [0.717, 1.165) is 17.5 Å². The van der Waals surface area contributed by atoms with Crippen LogP contribution in [-0.2, 0) is 13.6 Å². The highest BCUT2D eigenvalue weighted by atomic mass is 19.2. The molecule has 1 aromatic carbocycles. The van der Waals surface area contributed by atoms with Crippen LogP contribution in [0.25, 0.3) is 11.0 Å². The Kier molecular flexibility index (Phi) is 4.28. The fourth-order valence-corrected chi connectivity index (χ4v) is 2.49. The molecule has 10 nitrogen and oxygen atoms in total. The molecule has 12 heteroatoms. The molecule has 0 aliphatic heterocycles. The highest BCUT2D eigenvalue weighted by Crippen LogP contribution is 2.23. The molecule has 0 amide bonds. The van der Waals surface area contributed by atoms with Crippen LogP contribution >= 0.6 is 0 Å². The van der Waals surface area contributed by atoms with E-state index in [2.05, 4.69) is 41.2 Å². The van der Waals surface area contributed by atoms with Crippen LogP contribution in [0.3, 0.4) is 0 Å². The molecule has 0 saturated carbocycles. The van der Waals surface area contributed by atoms with E-state index < -0.39 is 11.6 Å².